The highest BCUT2D eigenvalue weighted by Gasteiger charge is 2.43. The molecule has 2 saturated carbocycles. The molecule has 3 fully saturated rings. The van der Waals surface area contributed by atoms with Crippen molar-refractivity contribution in [1.82, 2.24) is 29.8 Å². The topological polar surface area (TPSA) is 114 Å². The summed E-state index contributed by atoms with van der Waals surface area (Å²) in [5.41, 5.74) is 0.598. The molecule has 2 N–H and O–H groups in total. The molecule has 10 nitrogen and oxygen atoms in total. The summed E-state index contributed by atoms with van der Waals surface area (Å²) in [6.07, 6.45) is 8.38. The van der Waals surface area contributed by atoms with Gasteiger partial charge in [-0.25, -0.2) is 14.5 Å². The third kappa shape index (κ3) is 5.48. The number of thiazole rings is 1. The van der Waals surface area contributed by atoms with Gasteiger partial charge in [0.1, 0.15) is 16.3 Å². The van der Waals surface area contributed by atoms with Crippen LogP contribution in [0.3, 0.4) is 0 Å². The Bertz CT molecular complexity index is 1330. The fraction of sp³-hybridized carbons (Fsp3) is 0.560. The largest absolute Gasteiger partial charge is 0.369 e. The van der Waals surface area contributed by atoms with E-state index in [0.29, 0.717) is 49.7 Å². The first kappa shape index (κ1) is 25.1. The number of nitrogens with one attached hydrogen (secondary N) is 2. The van der Waals surface area contributed by atoms with Crippen LogP contribution in [-0.4, -0.2) is 75.2 Å². The van der Waals surface area contributed by atoms with Crippen LogP contribution in [0.25, 0.3) is 16.2 Å². The molecule has 2 aliphatic carbocycles. The van der Waals surface area contributed by atoms with E-state index >= 15 is 0 Å². The highest BCUT2D eigenvalue weighted by atomic mass is 32.1. The zero-order valence-electron chi connectivity index (χ0n) is 20.7. The van der Waals surface area contributed by atoms with E-state index in [1.165, 1.54) is 11.3 Å². The van der Waals surface area contributed by atoms with E-state index in [9.17, 15) is 18.4 Å². The molecule has 1 saturated heterocycles. The van der Waals surface area contributed by atoms with Crippen LogP contribution in [-0.2, 0) is 9.53 Å². The lowest BCUT2D eigenvalue weighted by atomic mass is 10.0. The Labute approximate surface area is 221 Å². The van der Waals surface area contributed by atoms with Gasteiger partial charge in [0, 0.05) is 54.7 Å². The Kier molecular flexibility index (Phi) is 6.72. The number of halogens is 2. The molecule has 0 aromatic carbocycles. The Balaban J connectivity index is 1.19. The zero-order valence-corrected chi connectivity index (χ0v) is 21.6. The lowest BCUT2D eigenvalue weighted by molar-refractivity contribution is -0.140. The molecule has 38 heavy (non-hydrogen) atoms. The predicted molar refractivity (Wildman–Crippen MR) is 136 cm³/mol. The summed E-state index contributed by atoms with van der Waals surface area (Å²) in [5.74, 6) is 0.899. The molecular formula is C25H29F2N7O3S. The van der Waals surface area contributed by atoms with E-state index in [0.717, 1.165) is 30.5 Å². The number of ether oxygens (including phenoxy) is 1. The number of piperidine rings is 1. The average molecular weight is 546 g/mol. The van der Waals surface area contributed by atoms with Crippen LogP contribution in [0.5, 0.6) is 0 Å². The molecule has 0 bridgehead atoms. The summed E-state index contributed by atoms with van der Waals surface area (Å²) in [7, 11) is 0. The first-order chi connectivity index (χ1) is 18.4. The monoisotopic (exact) mass is 545 g/mol. The van der Waals surface area contributed by atoms with E-state index in [1.807, 2.05) is 11.6 Å². The van der Waals surface area contributed by atoms with Crippen molar-refractivity contribution >= 4 is 33.8 Å². The van der Waals surface area contributed by atoms with Crippen molar-refractivity contribution in [3.8, 4) is 11.4 Å². The minimum Gasteiger partial charge on any atom is -0.369 e. The summed E-state index contributed by atoms with van der Waals surface area (Å²) in [6, 6.07) is 1.70. The zero-order chi connectivity index (χ0) is 26.3. The Hall–Kier alpha value is -3.19. The predicted octanol–water partition coefficient (Wildman–Crippen LogP) is 3.41. The van der Waals surface area contributed by atoms with Crippen molar-refractivity contribution in [2.75, 3.05) is 31.6 Å². The number of carbonyl (C=O) groups excluding carboxylic acids is 2. The number of aromatic nitrogens is 4. The second-order valence-electron chi connectivity index (χ2n) is 10.4. The van der Waals surface area contributed by atoms with Crippen molar-refractivity contribution in [3.05, 3.63) is 29.5 Å². The van der Waals surface area contributed by atoms with E-state index in [-0.39, 0.29) is 41.5 Å². The van der Waals surface area contributed by atoms with Gasteiger partial charge < -0.3 is 20.3 Å². The molecule has 4 heterocycles. The highest BCUT2D eigenvalue weighted by molar-refractivity contribution is 7.16. The van der Waals surface area contributed by atoms with Gasteiger partial charge in [-0.3, -0.25) is 9.59 Å². The van der Waals surface area contributed by atoms with Gasteiger partial charge in [0.15, 0.2) is 5.82 Å². The fourth-order valence-electron chi connectivity index (χ4n) is 4.77. The van der Waals surface area contributed by atoms with Crippen molar-refractivity contribution in [3.63, 3.8) is 0 Å². The number of hydrogen-bond acceptors (Lipinski definition) is 8. The average Bonchev–Trinajstić information content (AvgIpc) is 3.82. The minimum absolute atomic E-state index is 0.0349. The van der Waals surface area contributed by atoms with Gasteiger partial charge in [-0.1, -0.05) is 0 Å². The number of nitrogens with zero attached hydrogens (tertiary/aromatic N) is 5. The number of alkyl halides is 2. The van der Waals surface area contributed by atoms with Crippen molar-refractivity contribution in [2.24, 2.45) is 11.3 Å². The molecule has 3 aromatic heterocycles. The van der Waals surface area contributed by atoms with Gasteiger partial charge in [0.2, 0.25) is 5.91 Å². The van der Waals surface area contributed by atoms with Gasteiger partial charge in [-0.05, 0) is 38.5 Å². The van der Waals surface area contributed by atoms with Crippen LogP contribution < -0.4 is 10.6 Å². The van der Waals surface area contributed by atoms with Crippen LogP contribution in [0.2, 0.25) is 0 Å². The van der Waals surface area contributed by atoms with E-state index in [2.05, 4.69) is 30.4 Å². The Morgan fingerprint density at radius 1 is 1.18 bits per heavy atom. The molecule has 2 amide bonds. The van der Waals surface area contributed by atoms with Crippen LogP contribution in [0.15, 0.2) is 23.8 Å². The first-order valence-electron chi connectivity index (χ1n) is 12.9. The Morgan fingerprint density at radius 3 is 2.68 bits per heavy atom. The summed E-state index contributed by atoms with van der Waals surface area (Å²) < 4.78 is 31.5. The molecule has 6 rings (SSSR count). The second kappa shape index (κ2) is 10.2. The van der Waals surface area contributed by atoms with Crippen molar-refractivity contribution in [2.45, 2.75) is 51.2 Å². The molecule has 0 atom stereocenters. The minimum atomic E-state index is -2.80. The third-order valence-corrected chi connectivity index (χ3v) is 8.40. The lowest BCUT2D eigenvalue weighted by Crippen LogP contribution is -2.47. The van der Waals surface area contributed by atoms with Gasteiger partial charge in [0.25, 0.3) is 5.91 Å². The van der Waals surface area contributed by atoms with Crippen molar-refractivity contribution < 1.29 is 23.1 Å². The standard InChI is InChI=1S/C25H29F2N7O3S/c26-24(27)37-14-25(5-6-25)13-28-19-11-18(31-20(32-19)17-12-29-34-9-10-38-23(17)34)22(36)33-7-3-16(4-8-33)30-21(35)15-1-2-15/h9-12,15-16,24H,1-8,13-14H2,(H,30,35)(H,28,31,32). The normalized spacial score (nSPS) is 19.2. The summed E-state index contributed by atoms with van der Waals surface area (Å²) in [5, 5.41) is 12.6. The molecule has 0 unspecified atom stereocenters. The molecule has 202 valence electrons. The molecule has 0 spiro atoms. The van der Waals surface area contributed by atoms with Gasteiger partial charge >= 0.3 is 6.61 Å². The van der Waals surface area contributed by atoms with Crippen LogP contribution in [0, 0.1) is 11.3 Å². The lowest BCUT2D eigenvalue weighted by Gasteiger charge is -2.32. The van der Waals surface area contributed by atoms with Crippen LogP contribution >= 0.6 is 11.3 Å². The smallest absolute Gasteiger partial charge is 0.345 e. The molecule has 0 radical (unpaired) electrons. The third-order valence-electron chi connectivity index (χ3n) is 7.51. The number of anilines is 1. The van der Waals surface area contributed by atoms with E-state index < -0.39 is 6.61 Å². The van der Waals surface area contributed by atoms with Crippen LogP contribution in [0.4, 0.5) is 14.6 Å². The number of fused-ring (bicyclic) bond motifs is 1. The summed E-state index contributed by atoms with van der Waals surface area (Å²) >= 11 is 1.49. The van der Waals surface area contributed by atoms with Gasteiger partial charge in [0.05, 0.1) is 18.4 Å². The van der Waals surface area contributed by atoms with E-state index in [4.69, 9.17) is 0 Å². The van der Waals surface area contributed by atoms with Gasteiger partial charge in [-0.2, -0.15) is 13.9 Å². The second-order valence-corrected chi connectivity index (χ2v) is 11.3. The SMILES string of the molecule is O=C(NC1CCN(C(=O)c2cc(NCC3(COC(F)F)CC3)nc(-c3cnn4ccsc34)n2)CC1)C1CC1. The maximum atomic E-state index is 13.5. The fourth-order valence-corrected chi connectivity index (χ4v) is 5.56. The number of rotatable bonds is 10. The maximum absolute atomic E-state index is 13.5. The first-order valence-corrected chi connectivity index (χ1v) is 13.8. The molecule has 3 aliphatic rings. The van der Waals surface area contributed by atoms with Crippen molar-refractivity contribution in [1.29, 1.82) is 0 Å². The number of hydrogen-bond donors (Lipinski definition) is 2. The summed E-state index contributed by atoms with van der Waals surface area (Å²) in [4.78, 5) is 37.5. The van der Waals surface area contributed by atoms with E-state index in [1.54, 1.807) is 21.7 Å². The quantitative estimate of drug-likeness (QED) is 0.401. The number of likely N-dealkylation sites (tertiary alicyclic amines) is 1. The Morgan fingerprint density at radius 2 is 1.97 bits per heavy atom. The highest BCUT2D eigenvalue weighted by Crippen LogP contribution is 2.46. The van der Waals surface area contributed by atoms with Crippen LogP contribution in [0.1, 0.15) is 49.0 Å². The van der Waals surface area contributed by atoms with Gasteiger partial charge in [-0.15, -0.1) is 11.3 Å². The molecular weight excluding hydrogens is 516 g/mol. The number of carbonyl (C=O) groups is 2. The molecule has 13 heteroatoms. The maximum Gasteiger partial charge on any atom is 0.345 e. The summed E-state index contributed by atoms with van der Waals surface area (Å²) in [6.45, 7) is -1.39. The number of amides is 2. The molecule has 1 aliphatic heterocycles. The molecule has 3 aromatic rings.